The summed E-state index contributed by atoms with van der Waals surface area (Å²) in [6, 6.07) is 0. The van der Waals surface area contributed by atoms with Gasteiger partial charge < -0.3 is 15.1 Å². The van der Waals surface area contributed by atoms with E-state index in [4.69, 9.17) is 0 Å². The zero-order valence-corrected chi connectivity index (χ0v) is 12.3. The summed E-state index contributed by atoms with van der Waals surface area (Å²) in [5.41, 5.74) is 0. The molecule has 0 aromatic heterocycles. The largest absolute Gasteiger partial charge is 0.354 e. The predicted molar refractivity (Wildman–Crippen MR) is 73.3 cm³/mol. The van der Waals surface area contributed by atoms with Crippen molar-refractivity contribution in [3.8, 4) is 0 Å². The fourth-order valence-corrected chi connectivity index (χ4v) is 1.52. The molecule has 0 saturated heterocycles. The van der Waals surface area contributed by atoms with E-state index in [0.29, 0.717) is 13.1 Å². The van der Waals surface area contributed by atoms with Crippen LogP contribution in [0.25, 0.3) is 0 Å². The van der Waals surface area contributed by atoms with Crippen LogP contribution in [0.4, 0.5) is 0 Å². The van der Waals surface area contributed by atoms with Crippen LogP contribution in [0, 0.1) is 5.92 Å². The van der Waals surface area contributed by atoms with Crippen LogP contribution in [0.1, 0.15) is 27.2 Å². The highest BCUT2D eigenvalue weighted by atomic mass is 16.2. The summed E-state index contributed by atoms with van der Waals surface area (Å²) in [6.07, 6.45) is 0.949. The number of hydrogen-bond donors (Lipinski definition) is 1. The van der Waals surface area contributed by atoms with Gasteiger partial charge >= 0.3 is 0 Å². The van der Waals surface area contributed by atoms with Gasteiger partial charge in [0.25, 0.3) is 0 Å². The summed E-state index contributed by atoms with van der Waals surface area (Å²) >= 11 is 0. The lowest BCUT2D eigenvalue weighted by Gasteiger charge is -2.22. The lowest BCUT2D eigenvalue weighted by Crippen LogP contribution is -2.39. The minimum Gasteiger partial charge on any atom is -0.354 e. The summed E-state index contributed by atoms with van der Waals surface area (Å²) in [4.78, 5) is 26.7. The van der Waals surface area contributed by atoms with Gasteiger partial charge in [-0.25, -0.2) is 0 Å². The molecule has 0 spiro atoms. The molecular formula is C13H27N3O2. The van der Waals surface area contributed by atoms with E-state index < -0.39 is 0 Å². The van der Waals surface area contributed by atoms with Crippen LogP contribution in [-0.4, -0.2) is 61.9 Å². The second-order valence-electron chi connectivity index (χ2n) is 5.11. The molecule has 0 bridgehead atoms. The minimum absolute atomic E-state index is 0.00970. The summed E-state index contributed by atoms with van der Waals surface area (Å²) in [6.45, 7) is 8.09. The Hall–Kier alpha value is -1.10. The third-order valence-electron chi connectivity index (χ3n) is 2.68. The van der Waals surface area contributed by atoms with Crippen LogP contribution in [-0.2, 0) is 9.59 Å². The van der Waals surface area contributed by atoms with Gasteiger partial charge in [-0.15, -0.1) is 0 Å². The first-order valence-electron chi connectivity index (χ1n) is 6.52. The SMILES string of the molecule is CC(=O)N(CCCN(C)C)CCNC(=O)C(C)C. The van der Waals surface area contributed by atoms with Crippen LogP contribution >= 0.6 is 0 Å². The summed E-state index contributed by atoms with van der Waals surface area (Å²) in [5.74, 6) is 0.0869. The van der Waals surface area contributed by atoms with Crippen molar-refractivity contribution in [2.24, 2.45) is 5.92 Å². The molecule has 0 fully saturated rings. The van der Waals surface area contributed by atoms with E-state index in [2.05, 4.69) is 10.2 Å². The average Bonchev–Trinajstić information content (AvgIpc) is 2.25. The average molecular weight is 257 g/mol. The second kappa shape index (κ2) is 8.91. The van der Waals surface area contributed by atoms with Gasteiger partial charge in [-0.3, -0.25) is 9.59 Å². The predicted octanol–water partition coefficient (Wildman–Crippen LogP) is 0.559. The lowest BCUT2D eigenvalue weighted by molar-refractivity contribution is -0.130. The molecule has 18 heavy (non-hydrogen) atoms. The Kier molecular flexibility index (Phi) is 8.37. The van der Waals surface area contributed by atoms with Crippen molar-refractivity contribution in [2.75, 3.05) is 40.3 Å². The Balaban J connectivity index is 3.91. The van der Waals surface area contributed by atoms with Crippen LogP contribution in [0.5, 0.6) is 0 Å². The standard InChI is InChI=1S/C13H27N3O2/c1-11(2)13(18)14-7-10-16(12(3)17)9-6-8-15(4)5/h11H,6-10H2,1-5H3,(H,14,18). The normalized spacial score (nSPS) is 10.8. The van der Waals surface area contributed by atoms with Gasteiger partial charge in [0, 0.05) is 32.5 Å². The lowest BCUT2D eigenvalue weighted by atomic mass is 10.2. The molecule has 0 rings (SSSR count). The number of hydrogen-bond acceptors (Lipinski definition) is 3. The minimum atomic E-state index is -0.00970. The highest BCUT2D eigenvalue weighted by Gasteiger charge is 2.10. The molecule has 106 valence electrons. The molecule has 0 atom stereocenters. The molecule has 0 heterocycles. The quantitative estimate of drug-likeness (QED) is 0.691. The molecule has 2 amide bonds. The van der Waals surface area contributed by atoms with Crippen molar-refractivity contribution >= 4 is 11.8 Å². The van der Waals surface area contributed by atoms with Crippen molar-refractivity contribution in [1.29, 1.82) is 0 Å². The monoisotopic (exact) mass is 257 g/mol. The zero-order valence-electron chi connectivity index (χ0n) is 12.3. The Bertz CT molecular complexity index is 265. The van der Waals surface area contributed by atoms with Crippen molar-refractivity contribution < 1.29 is 9.59 Å². The van der Waals surface area contributed by atoms with Crippen LogP contribution in [0.3, 0.4) is 0 Å². The Morgan fingerprint density at radius 3 is 2.17 bits per heavy atom. The first-order valence-corrected chi connectivity index (χ1v) is 6.52. The Morgan fingerprint density at radius 2 is 1.72 bits per heavy atom. The van der Waals surface area contributed by atoms with Gasteiger partial charge in [-0.2, -0.15) is 0 Å². The van der Waals surface area contributed by atoms with Crippen molar-refractivity contribution in [1.82, 2.24) is 15.1 Å². The molecule has 0 aliphatic rings. The number of carbonyl (C=O) groups is 2. The summed E-state index contributed by atoms with van der Waals surface area (Å²) in [5, 5.41) is 2.82. The van der Waals surface area contributed by atoms with E-state index in [1.807, 2.05) is 27.9 Å². The number of nitrogens with zero attached hydrogens (tertiary/aromatic N) is 2. The molecule has 0 saturated carbocycles. The fraction of sp³-hybridized carbons (Fsp3) is 0.846. The van der Waals surface area contributed by atoms with Crippen molar-refractivity contribution in [3.63, 3.8) is 0 Å². The van der Waals surface area contributed by atoms with E-state index >= 15 is 0 Å². The Labute approximate surface area is 111 Å². The summed E-state index contributed by atoms with van der Waals surface area (Å²) in [7, 11) is 4.03. The van der Waals surface area contributed by atoms with E-state index in [9.17, 15) is 9.59 Å². The molecule has 1 N–H and O–H groups in total. The van der Waals surface area contributed by atoms with Crippen molar-refractivity contribution in [2.45, 2.75) is 27.2 Å². The zero-order chi connectivity index (χ0) is 14.1. The van der Waals surface area contributed by atoms with Crippen LogP contribution < -0.4 is 5.32 Å². The smallest absolute Gasteiger partial charge is 0.222 e. The van der Waals surface area contributed by atoms with Crippen molar-refractivity contribution in [3.05, 3.63) is 0 Å². The maximum absolute atomic E-state index is 11.4. The highest BCUT2D eigenvalue weighted by Crippen LogP contribution is 1.95. The molecular weight excluding hydrogens is 230 g/mol. The fourth-order valence-electron chi connectivity index (χ4n) is 1.52. The van der Waals surface area contributed by atoms with E-state index in [-0.39, 0.29) is 17.7 Å². The van der Waals surface area contributed by atoms with Gasteiger partial charge in [-0.05, 0) is 27.1 Å². The van der Waals surface area contributed by atoms with Gasteiger partial charge in [0.05, 0.1) is 0 Å². The van der Waals surface area contributed by atoms with Gasteiger partial charge in [0.1, 0.15) is 0 Å². The Morgan fingerprint density at radius 1 is 1.11 bits per heavy atom. The first kappa shape index (κ1) is 16.9. The molecule has 5 heteroatoms. The second-order valence-corrected chi connectivity index (χ2v) is 5.11. The van der Waals surface area contributed by atoms with Gasteiger partial charge in [-0.1, -0.05) is 13.8 Å². The molecule has 0 aliphatic carbocycles. The number of nitrogens with one attached hydrogen (secondary N) is 1. The molecule has 0 radical (unpaired) electrons. The molecule has 5 nitrogen and oxygen atoms in total. The van der Waals surface area contributed by atoms with E-state index in [1.54, 1.807) is 11.8 Å². The maximum Gasteiger partial charge on any atom is 0.222 e. The van der Waals surface area contributed by atoms with E-state index in [0.717, 1.165) is 19.5 Å². The molecule has 0 aromatic carbocycles. The molecule has 0 aromatic rings. The maximum atomic E-state index is 11.4. The topological polar surface area (TPSA) is 52.7 Å². The number of rotatable bonds is 8. The third kappa shape index (κ3) is 8.06. The molecule has 0 unspecified atom stereocenters. The number of carbonyl (C=O) groups excluding carboxylic acids is 2. The highest BCUT2D eigenvalue weighted by molar-refractivity contribution is 5.78. The third-order valence-corrected chi connectivity index (χ3v) is 2.68. The van der Waals surface area contributed by atoms with Gasteiger partial charge in [0.2, 0.25) is 11.8 Å². The molecule has 0 aliphatic heterocycles. The summed E-state index contributed by atoms with van der Waals surface area (Å²) < 4.78 is 0. The van der Waals surface area contributed by atoms with Crippen LogP contribution in [0.15, 0.2) is 0 Å². The van der Waals surface area contributed by atoms with Gasteiger partial charge in [0.15, 0.2) is 0 Å². The number of amides is 2. The van der Waals surface area contributed by atoms with E-state index in [1.165, 1.54) is 0 Å². The first-order chi connectivity index (χ1) is 8.34. The van der Waals surface area contributed by atoms with Crippen LogP contribution in [0.2, 0.25) is 0 Å².